The van der Waals surface area contributed by atoms with Gasteiger partial charge in [-0.25, -0.2) is 0 Å². The number of methoxy groups -OCH3 is 1. The van der Waals surface area contributed by atoms with E-state index in [0.717, 1.165) is 27.8 Å². The van der Waals surface area contributed by atoms with Crippen molar-refractivity contribution in [2.24, 2.45) is 0 Å². The van der Waals surface area contributed by atoms with Gasteiger partial charge in [0.25, 0.3) is 0 Å². The van der Waals surface area contributed by atoms with Crippen molar-refractivity contribution in [1.29, 1.82) is 0 Å². The summed E-state index contributed by atoms with van der Waals surface area (Å²) in [6.07, 6.45) is 0. The van der Waals surface area contributed by atoms with Crippen molar-refractivity contribution in [2.75, 3.05) is 14.2 Å². The molecule has 26 heavy (non-hydrogen) atoms. The predicted octanol–water partition coefficient (Wildman–Crippen LogP) is 4.11. The quantitative estimate of drug-likeness (QED) is 0.763. The first-order valence-corrected chi connectivity index (χ1v) is 8.82. The maximum absolute atomic E-state index is 13.0. The van der Waals surface area contributed by atoms with Crippen LogP contribution in [-0.4, -0.2) is 36.5 Å². The summed E-state index contributed by atoms with van der Waals surface area (Å²) in [5, 5.41) is 0.683. The van der Waals surface area contributed by atoms with E-state index in [0.29, 0.717) is 5.02 Å². The minimum Gasteiger partial charge on any atom is -0.352 e. The molecule has 136 valence electrons. The van der Waals surface area contributed by atoms with Gasteiger partial charge in [-0.05, 0) is 60.7 Å². The van der Waals surface area contributed by atoms with Crippen LogP contribution in [0.2, 0.25) is 5.02 Å². The van der Waals surface area contributed by atoms with Gasteiger partial charge in [-0.3, -0.25) is 9.59 Å². The average Bonchev–Trinajstić information content (AvgIpc) is 2.77. The Balaban J connectivity index is 2.08. The first-order chi connectivity index (χ1) is 12.2. The number of likely N-dealkylation sites (tertiary alicyclic amines) is 1. The van der Waals surface area contributed by atoms with Crippen LogP contribution in [0.1, 0.15) is 29.5 Å². The molecule has 2 aromatic rings. The van der Waals surface area contributed by atoms with Crippen molar-refractivity contribution in [2.45, 2.75) is 32.4 Å². The fraction of sp³-hybridized carbons (Fsp3) is 0.333. The number of ketones is 1. The Bertz CT molecular complexity index is 868. The van der Waals surface area contributed by atoms with Crippen LogP contribution in [0.25, 0.3) is 11.1 Å². The Morgan fingerprint density at radius 3 is 2.04 bits per heavy atom. The fourth-order valence-electron chi connectivity index (χ4n) is 3.68. The third-order valence-electron chi connectivity index (χ3n) is 5.39. The summed E-state index contributed by atoms with van der Waals surface area (Å²) in [6, 6.07) is 11.6. The van der Waals surface area contributed by atoms with Gasteiger partial charge in [0.05, 0.1) is 0 Å². The zero-order valence-corrected chi connectivity index (χ0v) is 16.3. The maximum Gasteiger partial charge on any atom is 0.240 e. The second-order valence-electron chi connectivity index (χ2n) is 6.91. The van der Waals surface area contributed by atoms with E-state index in [9.17, 15) is 9.59 Å². The highest BCUT2D eigenvalue weighted by atomic mass is 35.5. The Morgan fingerprint density at radius 1 is 1.04 bits per heavy atom. The molecule has 0 aromatic heterocycles. The molecule has 0 radical (unpaired) electrons. The lowest BCUT2D eigenvalue weighted by molar-refractivity contribution is -0.156. The van der Waals surface area contributed by atoms with Gasteiger partial charge >= 0.3 is 0 Å². The van der Waals surface area contributed by atoms with Crippen molar-refractivity contribution in [3.63, 3.8) is 0 Å². The molecule has 1 saturated heterocycles. The van der Waals surface area contributed by atoms with Crippen molar-refractivity contribution in [3.8, 4) is 11.1 Å². The number of nitrogens with zero attached hydrogens (tertiary/aromatic N) is 1. The van der Waals surface area contributed by atoms with Crippen molar-refractivity contribution in [3.05, 3.63) is 58.1 Å². The van der Waals surface area contributed by atoms with Crippen molar-refractivity contribution in [1.82, 2.24) is 4.90 Å². The van der Waals surface area contributed by atoms with Crippen LogP contribution in [-0.2, 0) is 14.3 Å². The third kappa shape index (κ3) is 2.74. The number of rotatable bonds is 3. The molecule has 1 aliphatic heterocycles. The van der Waals surface area contributed by atoms with E-state index < -0.39 is 11.6 Å². The Morgan fingerprint density at radius 2 is 1.58 bits per heavy atom. The smallest absolute Gasteiger partial charge is 0.240 e. The number of carbonyl (C=O) groups is 2. The fourth-order valence-corrected chi connectivity index (χ4v) is 3.81. The number of carbonyl (C=O) groups excluding carboxylic acids is 2. The number of hydrogen-bond acceptors (Lipinski definition) is 3. The molecule has 2 atom stereocenters. The molecule has 2 unspecified atom stereocenters. The van der Waals surface area contributed by atoms with E-state index in [1.165, 1.54) is 12.0 Å². The summed E-state index contributed by atoms with van der Waals surface area (Å²) in [4.78, 5) is 27.2. The monoisotopic (exact) mass is 371 g/mol. The van der Waals surface area contributed by atoms with Crippen LogP contribution in [0.4, 0.5) is 0 Å². The van der Waals surface area contributed by atoms with E-state index in [1.807, 2.05) is 50.2 Å². The van der Waals surface area contributed by atoms with E-state index in [-0.39, 0.29) is 11.7 Å². The lowest BCUT2D eigenvalue weighted by Crippen LogP contribution is -2.46. The minimum atomic E-state index is -1.23. The molecule has 4 nitrogen and oxygen atoms in total. The molecule has 0 saturated carbocycles. The topological polar surface area (TPSA) is 46.6 Å². The third-order valence-corrected chi connectivity index (χ3v) is 5.65. The van der Waals surface area contributed by atoms with Gasteiger partial charge in [-0.1, -0.05) is 35.9 Å². The molecule has 1 heterocycles. The predicted molar refractivity (Wildman–Crippen MR) is 102 cm³/mol. The number of amides is 1. The van der Waals surface area contributed by atoms with Crippen molar-refractivity contribution >= 4 is 23.3 Å². The highest BCUT2D eigenvalue weighted by Crippen LogP contribution is 2.40. The number of Topliss-reactive ketones (excluding diaryl/α,β-unsaturated/α-hetero) is 1. The van der Waals surface area contributed by atoms with E-state index in [4.69, 9.17) is 16.3 Å². The van der Waals surface area contributed by atoms with Gasteiger partial charge in [-0.2, -0.15) is 0 Å². The van der Waals surface area contributed by atoms with Crippen LogP contribution >= 0.6 is 11.6 Å². The van der Waals surface area contributed by atoms with Crippen LogP contribution in [0.15, 0.2) is 36.4 Å². The Hall–Kier alpha value is -2.17. The maximum atomic E-state index is 13.0. The second kappa shape index (κ2) is 6.53. The van der Waals surface area contributed by atoms with Gasteiger partial charge in [0.2, 0.25) is 17.4 Å². The zero-order chi connectivity index (χ0) is 19.2. The molecule has 2 aromatic carbocycles. The average molecular weight is 372 g/mol. The van der Waals surface area contributed by atoms with Gasteiger partial charge in [0.1, 0.15) is 5.92 Å². The molecular formula is C21H22ClNO3. The lowest BCUT2D eigenvalue weighted by Gasteiger charge is -2.28. The molecule has 0 bridgehead atoms. The summed E-state index contributed by atoms with van der Waals surface area (Å²) in [5.41, 5.74) is 3.43. The van der Waals surface area contributed by atoms with Crippen molar-refractivity contribution < 1.29 is 14.3 Å². The standard InChI is InChI=1S/C21H22ClNO3/c1-12-10-15(14-6-8-16(22)9-7-14)11-13(2)17(12)18-19(24)21(3,26-5)23(4)20(18)25/h6-11,18H,1-5H3. The summed E-state index contributed by atoms with van der Waals surface area (Å²) < 4.78 is 5.37. The summed E-state index contributed by atoms with van der Waals surface area (Å²) in [5.74, 6) is -1.29. The minimum absolute atomic E-state index is 0.224. The Labute approximate surface area is 158 Å². The molecule has 1 amide bonds. The zero-order valence-electron chi connectivity index (χ0n) is 15.6. The molecule has 1 fully saturated rings. The van der Waals surface area contributed by atoms with Gasteiger partial charge in [-0.15, -0.1) is 0 Å². The number of likely N-dealkylation sites (N-methyl/N-ethyl adjacent to an activating group) is 1. The number of halogens is 1. The second-order valence-corrected chi connectivity index (χ2v) is 7.35. The normalized spacial score (nSPS) is 23.0. The summed E-state index contributed by atoms with van der Waals surface area (Å²) in [6.45, 7) is 5.51. The highest BCUT2D eigenvalue weighted by Gasteiger charge is 2.55. The van der Waals surface area contributed by atoms with E-state index in [1.54, 1.807) is 14.0 Å². The molecule has 1 aliphatic rings. The molecular weight excluding hydrogens is 350 g/mol. The number of benzene rings is 2. The molecule has 5 heteroatoms. The highest BCUT2D eigenvalue weighted by molar-refractivity contribution is 6.30. The summed E-state index contributed by atoms with van der Waals surface area (Å²) in [7, 11) is 3.06. The molecule has 0 spiro atoms. The SMILES string of the molecule is COC1(C)C(=O)C(c2c(C)cc(-c3ccc(Cl)cc3)cc2C)C(=O)N1C. The number of aryl methyl sites for hydroxylation is 2. The number of ether oxygens (including phenoxy) is 1. The van der Waals surface area contributed by atoms with Crippen LogP contribution in [0, 0.1) is 13.8 Å². The van der Waals surface area contributed by atoms with Crippen LogP contribution < -0.4 is 0 Å². The summed E-state index contributed by atoms with van der Waals surface area (Å²) >= 11 is 5.97. The first kappa shape index (κ1) is 18.6. The Kier molecular flexibility index (Phi) is 4.67. The molecule has 0 N–H and O–H groups in total. The van der Waals surface area contributed by atoms with Gasteiger partial charge in [0.15, 0.2) is 0 Å². The van der Waals surface area contributed by atoms with E-state index in [2.05, 4.69) is 0 Å². The number of hydrogen-bond donors (Lipinski definition) is 0. The lowest BCUT2D eigenvalue weighted by atomic mass is 9.85. The molecule has 0 aliphatic carbocycles. The largest absolute Gasteiger partial charge is 0.352 e. The van der Waals surface area contributed by atoms with Crippen LogP contribution in [0.3, 0.4) is 0 Å². The van der Waals surface area contributed by atoms with E-state index >= 15 is 0 Å². The molecule has 3 rings (SSSR count). The van der Waals surface area contributed by atoms with Gasteiger partial charge < -0.3 is 9.64 Å². The van der Waals surface area contributed by atoms with Gasteiger partial charge in [0, 0.05) is 19.2 Å². The van der Waals surface area contributed by atoms with Crippen LogP contribution in [0.5, 0.6) is 0 Å². The first-order valence-electron chi connectivity index (χ1n) is 8.45.